The van der Waals surface area contributed by atoms with E-state index in [1.807, 2.05) is 30.3 Å². The van der Waals surface area contributed by atoms with E-state index in [0.717, 1.165) is 44.5 Å². The van der Waals surface area contributed by atoms with Crippen molar-refractivity contribution in [2.45, 2.75) is 51.5 Å². The van der Waals surface area contributed by atoms with E-state index in [-0.39, 0.29) is 11.7 Å². The number of carbonyl (C=O) groups is 2. The third kappa shape index (κ3) is 8.71. The van der Waals surface area contributed by atoms with Crippen LogP contribution in [0.4, 0.5) is 0 Å². The van der Waals surface area contributed by atoms with E-state index in [1.165, 1.54) is 33.9 Å². The van der Waals surface area contributed by atoms with Crippen LogP contribution in [0.15, 0.2) is 91.0 Å². The van der Waals surface area contributed by atoms with Crippen LogP contribution in [-0.4, -0.2) is 41.3 Å². The Kier molecular flexibility index (Phi) is 10.6. The van der Waals surface area contributed by atoms with Gasteiger partial charge in [0.25, 0.3) is 0 Å². The Morgan fingerprint density at radius 2 is 1.69 bits per heavy atom. The van der Waals surface area contributed by atoms with Crippen molar-refractivity contribution in [2.24, 2.45) is 0 Å². The van der Waals surface area contributed by atoms with Crippen LogP contribution in [0.2, 0.25) is 0 Å². The molecule has 0 aliphatic heterocycles. The Morgan fingerprint density at radius 1 is 0.949 bits per heavy atom. The Balaban J connectivity index is 1.34. The highest BCUT2D eigenvalue weighted by Crippen LogP contribution is 2.30. The largest absolute Gasteiger partial charge is 0.388 e. The predicted octanol–water partition coefficient (Wildman–Crippen LogP) is 6.64. The van der Waals surface area contributed by atoms with Crippen LogP contribution in [0.1, 0.15) is 66.3 Å². The number of benzene rings is 3. The number of ketones is 2. The van der Waals surface area contributed by atoms with Crippen molar-refractivity contribution in [3.05, 3.63) is 119 Å². The van der Waals surface area contributed by atoms with Crippen molar-refractivity contribution in [2.75, 3.05) is 19.7 Å². The van der Waals surface area contributed by atoms with Gasteiger partial charge in [-0.3, -0.25) is 14.5 Å². The summed E-state index contributed by atoms with van der Waals surface area (Å²) in [5.74, 6) is 0.262. The molecule has 39 heavy (non-hydrogen) atoms. The first-order valence-corrected chi connectivity index (χ1v) is 14.0. The minimum absolute atomic E-state index is 0.240. The van der Waals surface area contributed by atoms with Crippen LogP contribution in [0.5, 0.6) is 0 Å². The summed E-state index contributed by atoms with van der Waals surface area (Å²) >= 11 is 0. The van der Waals surface area contributed by atoms with Crippen molar-refractivity contribution < 1.29 is 14.7 Å². The number of hydrogen-bond donors (Lipinski definition) is 1. The molecular weight excluding hydrogens is 482 g/mol. The SMILES string of the molecule is CC(CC(=O)CCCN(CCC1=CCc2ccccc21)Cc1ccc(/C=C/C(=O)CO)cc1)c1ccccc1. The number of rotatable bonds is 15. The lowest BCUT2D eigenvalue weighted by atomic mass is 9.94. The fourth-order valence-corrected chi connectivity index (χ4v) is 5.22. The number of fused-ring (bicyclic) bond motifs is 1. The zero-order valence-corrected chi connectivity index (χ0v) is 22.9. The topological polar surface area (TPSA) is 57.6 Å². The molecule has 1 aliphatic rings. The molecule has 1 unspecified atom stereocenters. The summed E-state index contributed by atoms with van der Waals surface area (Å²) in [6.07, 6.45) is 9.51. The van der Waals surface area contributed by atoms with Crippen LogP contribution in [0.25, 0.3) is 11.6 Å². The predicted molar refractivity (Wildman–Crippen MR) is 159 cm³/mol. The van der Waals surface area contributed by atoms with Gasteiger partial charge in [0, 0.05) is 25.9 Å². The first kappa shape index (κ1) is 28.4. The normalized spacial score (nSPS) is 13.5. The van der Waals surface area contributed by atoms with Gasteiger partial charge in [0.15, 0.2) is 5.78 Å². The average Bonchev–Trinajstić information content (AvgIpc) is 3.38. The summed E-state index contributed by atoms with van der Waals surface area (Å²) in [5, 5.41) is 8.91. The number of carbonyl (C=O) groups excluding carboxylic acids is 2. The zero-order valence-electron chi connectivity index (χ0n) is 22.9. The summed E-state index contributed by atoms with van der Waals surface area (Å²) in [4.78, 5) is 26.6. The van der Waals surface area contributed by atoms with Crippen LogP contribution >= 0.6 is 0 Å². The minimum atomic E-state index is -0.474. The summed E-state index contributed by atoms with van der Waals surface area (Å²) < 4.78 is 0. The summed E-state index contributed by atoms with van der Waals surface area (Å²) in [6, 6.07) is 27.1. The van der Waals surface area contributed by atoms with Crippen molar-refractivity contribution in [3.8, 4) is 0 Å². The van der Waals surface area contributed by atoms with Gasteiger partial charge >= 0.3 is 0 Å². The summed E-state index contributed by atoms with van der Waals surface area (Å²) in [5.41, 5.74) is 7.54. The van der Waals surface area contributed by atoms with Gasteiger partial charge in [-0.1, -0.05) is 97.9 Å². The van der Waals surface area contributed by atoms with Crippen molar-refractivity contribution in [3.63, 3.8) is 0 Å². The number of hydrogen-bond acceptors (Lipinski definition) is 4. The standard InChI is InChI=1S/C35H39NO3/c1-27(30-8-3-2-4-9-30)24-33(38)11-7-22-36(23-21-32-19-18-31-10-5-6-12-35(31)32)25-29-15-13-28(14-16-29)17-20-34(39)26-37/h2-6,8-10,12-17,19-20,27,37H,7,11,18,21-26H2,1H3/b20-17+. The highest BCUT2D eigenvalue weighted by Gasteiger charge is 2.16. The first-order valence-electron chi connectivity index (χ1n) is 14.0. The van der Waals surface area contributed by atoms with Gasteiger partial charge in [0.05, 0.1) is 0 Å². The van der Waals surface area contributed by atoms with Gasteiger partial charge < -0.3 is 5.11 Å². The molecule has 202 valence electrons. The molecule has 4 rings (SSSR count). The maximum atomic E-state index is 12.8. The van der Waals surface area contributed by atoms with E-state index in [2.05, 4.69) is 66.4 Å². The van der Waals surface area contributed by atoms with E-state index < -0.39 is 6.61 Å². The highest BCUT2D eigenvalue weighted by molar-refractivity contribution is 5.94. The third-order valence-electron chi connectivity index (χ3n) is 7.46. The van der Waals surface area contributed by atoms with Gasteiger partial charge in [-0.2, -0.15) is 0 Å². The zero-order chi connectivity index (χ0) is 27.5. The lowest BCUT2D eigenvalue weighted by molar-refractivity contribution is -0.119. The molecule has 0 saturated heterocycles. The van der Waals surface area contributed by atoms with E-state index in [1.54, 1.807) is 6.08 Å². The third-order valence-corrected chi connectivity index (χ3v) is 7.46. The van der Waals surface area contributed by atoms with E-state index in [0.29, 0.717) is 18.6 Å². The molecule has 0 spiro atoms. The molecule has 4 nitrogen and oxygen atoms in total. The Morgan fingerprint density at radius 3 is 2.46 bits per heavy atom. The second kappa shape index (κ2) is 14.5. The minimum Gasteiger partial charge on any atom is -0.388 e. The first-order chi connectivity index (χ1) is 19.0. The molecule has 4 heteroatoms. The van der Waals surface area contributed by atoms with Crippen LogP contribution in [0, 0.1) is 0 Å². The fourth-order valence-electron chi connectivity index (χ4n) is 5.22. The van der Waals surface area contributed by atoms with E-state index in [9.17, 15) is 9.59 Å². The molecule has 1 N–H and O–H groups in total. The van der Waals surface area contributed by atoms with Crippen molar-refractivity contribution in [1.82, 2.24) is 4.90 Å². The molecule has 1 aliphatic carbocycles. The highest BCUT2D eigenvalue weighted by atomic mass is 16.3. The van der Waals surface area contributed by atoms with E-state index >= 15 is 0 Å². The van der Waals surface area contributed by atoms with Crippen LogP contribution in [-0.2, 0) is 22.6 Å². The molecule has 0 radical (unpaired) electrons. The summed E-state index contributed by atoms with van der Waals surface area (Å²) in [6.45, 7) is 4.26. The molecule has 3 aromatic carbocycles. The molecule has 0 amide bonds. The molecule has 1 atom stereocenters. The number of aliphatic hydroxyl groups excluding tert-OH is 1. The lowest BCUT2D eigenvalue weighted by Gasteiger charge is -2.23. The second-order valence-electron chi connectivity index (χ2n) is 10.5. The molecule has 0 heterocycles. The van der Waals surface area contributed by atoms with Gasteiger partial charge in [-0.05, 0) is 71.2 Å². The van der Waals surface area contributed by atoms with Crippen molar-refractivity contribution in [1.29, 1.82) is 0 Å². The maximum absolute atomic E-state index is 12.8. The quantitative estimate of drug-likeness (QED) is 0.228. The number of nitrogens with zero attached hydrogens (tertiary/aromatic N) is 1. The second-order valence-corrected chi connectivity index (χ2v) is 10.5. The number of aliphatic hydroxyl groups is 1. The number of allylic oxidation sites excluding steroid dienone is 1. The van der Waals surface area contributed by atoms with Crippen molar-refractivity contribution >= 4 is 23.2 Å². The average molecular weight is 522 g/mol. The molecule has 0 bridgehead atoms. The van der Waals surface area contributed by atoms with Gasteiger partial charge in [0.2, 0.25) is 0 Å². The summed E-state index contributed by atoms with van der Waals surface area (Å²) in [7, 11) is 0. The molecule has 0 fully saturated rings. The van der Waals surface area contributed by atoms with Gasteiger partial charge in [-0.25, -0.2) is 0 Å². The van der Waals surface area contributed by atoms with Gasteiger partial charge in [0.1, 0.15) is 12.4 Å². The number of Topliss-reactive ketones (excluding diaryl/α,β-unsaturated/α-hetero) is 1. The van der Waals surface area contributed by atoms with E-state index in [4.69, 9.17) is 5.11 Å². The van der Waals surface area contributed by atoms with Crippen LogP contribution in [0.3, 0.4) is 0 Å². The Labute approximate surface area is 232 Å². The molecule has 3 aromatic rings. The Bertz CT molecular complexity index is 1290. The smallest absolute Gasteiger partial charge is 0.181 e. The van der Waals surface area contributed by atoms with Crippen LogP contribution < -0.4 is 0 Å². The van der Waals surface area contributed by atoms with Gasteiger partial charge in [-0.15, -0.1) is 0 Å². The Hall–Kier alpha value is -3.60. The molecular formula is C35H39NO3. The monoisotopic (exact) mass is 521 g/mol. The molecule has 0 aromatic heterocycles. The maximum Gasteiger partial charge on any atom is 0.181 e. The lowest BCUT2D eigenvalue weighted by Crippen LogP contribution is -2.26. The fraction of sp³-hybridized carbons (Fsp3) is 0.314. The molecule has 0 saturated carbocycles.